The Morgan fingerprint density at radius 1 is 1.25 bits per heavy atom. The number of aryl methyl sites for hydroxylation is 1. The normalized spacial score (nSPS) is 13.7. The van der Waals surface area contributed by atoms with Crippen molar-refractivity contribution in [1.29, 1.82) is 0 Å². The number of aromatic nitrogens is 2. The quantitative estimate of drug-likeness (QED) is 0.807. The van der Waals surface area contributed by atoms with Gasteiger partial charge in [0.25, 0.3) is 5.91 Å². The molecule has 1 aromatic heterocycles. The maximum absolute atomic E-state index is 12.4. The van der Waals surface area contributed by atoms with Crippen LogP contribution >= 0.6 is 0 Å². The number of carbonyl (C=O) groups is 1. The van der Waals surface area contributed by atoms with E-state index in [1.54, 1.807) is 0 Å². The second-order valence-electron chi connectivity index (χ2n) is 6.10. The van der Waals surface area contributed by atoms with Crippen LogP contribution in [0.1, 0.15) is 27.3 Å². The molecule has 0 radical (unpaired) electrons. The Bertz CT molecular complexity index is 897. The van der Waals surface area contributed by atoms with Crippen molar-refractivity contribution in [1.82, 2.24) is 14.9 Å². The zero-order valence-electron chi connectivity index (χ0n) is 13.6. The van der Waals surface area contributed by atoms with E-state index in [1.165, 1.54) is 5.56 Å². The van der Waals surface area contributed by atoms with Crippen LogP contribution in [0.5, 0.6) is 0 Å². The summed E-state index contributed by atoms with van der Waals surface area (Å²) < 4.78 is 7.60. The number of benzene rings is 2. The van der Waals surface area contributed by atoms with Gasteiger partial charge in [0.1, 0.15) is 12.4 Å². The van der Waals surface area contributed by atoms with Crippen molar-refractivity contribution in [2.24, 2.45) is 0 Å². The van der Waals surface area contributed by atoms with Crippen molar-refractivity contribution in [2.75, 3.05) is 6.61 Å². The molecule has 0 spiro atoms. The van der Waals surface area contributed by atoms with Gasteiger partial charge in [0, 0.05) is 18.7 Å². The predicted molar refractivity (Wildman–Crippen MR) is 91.7 cm³/mol. The maximum Gasteiger partial charge on any atom is 0.251 e. The van der Waals surface area contributed by atoms with Crippen LogP contribution in [-0.2, 0) is 24.4 Å². The van der Waals surface area contributed by atoms with Crippen LogP contribution in [0, 0.1) is 6.92 Å². The highest BCUT2D eigenvalue weighted by Gasteiger charge is 2.16. The van der Waals surface area contributed by atoms with E-state index in [1.807, 2.05) is 49.4 Å². The third kappa shape index (κ3) is 2.78. The molecule has 5 heteroatoms. The number of nitrogens with zero attached hydrogens (tertiary/aromatic N) is 2. The highest BCUT2D eigenvalue weighted by molar-refractivity contribution is 5.97. The number of carbonyl (C=O) groups excluding carboxylic acids is 1. The van der Waals surface area contributed by atoms with Gasteiger partial charge in [0.2, 0.25) is 0 Å². The molecule has 0 saturated carbocycles. The second kappa shape index (κ2) is 6.09. The maximum atomic E-state index is 12.4. The standard InChI is InChI=1S/C19H19N3O2/c1-13-2-4-14(5-3-13)11-20-19(23)15-6-7-17-16(10-15)21-18-12-24-9-8-22(17)18/h2-7,10H,8-9,11-12H2,1H3,(H,20,23). The number of imidazole rings is 1. The van der Waals surface area contributed by atoms with E-state index >= 15 is 0 Å². The molecular weight excluding hydrogens is 302 g/mol. The van der Waals surface area contributed by atoms with E-state index in [4.69, 9.17) is 4.74 Å². The lowest BCUT2D eigenvalue weighted by atomic mass is 10.1. The van der Waals surface area contributed by atoms with Gasteiger partial charge in [0.15, 0.2) is 0 Å². The van der Waals surface area contributed by atoms with E-state index in [9.17, 15) is 4.79 Å². The Labute approximate surface area is 140 Å². The number of fused-ring (bicyclic) bond motifs is 3. The van der Waals surface area contributed by atoms with Crippen LogP contribution in [0.4, 0.5) is 0 Å². The monoisotopic (exact) mass is 321 g/mol. The van der Waals surface area contributed by atoms with Crippen LogP contribution < -0.4 is 5.32 Å². The summed E-state index contributed by atoms with van der Waals surface area (Å²) in [6.07, 6.45) is 0. The predicted octanol–water partition coefficient (Wildman–Crippen LogP) is 2.80. The van der Waals surface area contributed by atoms with Gasteiger partial charge in [-0.1, -0.05) is 29.8 Å². The Morgan fingerprint density at radius 2 is 2.08 bits per heavy atom. The summed E-state index contributed by atoms with van der Waals surface area (Å²) in [5.41, 5.74) is 4.83. The molecule has 2 aromatic carbocycles. The highest BCUT2D eigenvalue weighted by atomic mass is 16.5. The fraction of sp³-hybridized carbons (Fsp3) is 0.263. The van der Waals surface area contributed by atoms with Gasteiger partial charge >= 0.3 is 0 Å². The summed E-state index contributed by atoms with van der Waals surface area (Å²) in [4.78, 5) is 17.0. The average molecular weight is 321 g/mol. The lowest BCUT2D eigenvalue weighted by molar-refractivity contribution is 0.0830. The Morgan fingerprint density at radius 3 is 2.92 bits per heavy atom. The van der Waals surface area contributed by atoms with Gasteiger partial charge in [-0.25, -0.2) is 4.98 Å². The Kier molecular flexibility index (Phi) is 3.78. The van der Waals surface area contributed by atoms with Gasteiger partial charge in [0.05, 0.1) is 17.6 Å². The molecule has 0 unspecified atom stereocenters. The third-order valence-corrected chi connectivity index (χ3v) is 4.35. The molecule has 0 fully saturated rings. The van der Waals surface area contributed by atoms with Crippen LogP contribution in [-0.4, -0.2) is 22.1 Å². The summed E-state index contributed by atoms with van der Waals surface area (Å²) in [7, 11) is 0. The molecule has 1 N–H and O–H groups in total. The molecule has 4 rings (SSSR count). The molecule has 1 amide bonds. The first kappa shape index (κ1) is 14.9. The van der Waals surface area contributed by atoms with E-state index in [-0.39, 0.29) is 5.91 Å². The van der Waals surface area contributed by atoms with E-state index in [0.29, 0.717) is 25.3 Å². The second-order valence-corrected chi connectivity index (χ2v) is 6.10. The van der Waals surface area contributed by atoms with Crippen molar-refractivity contribution in [3.63, 3.8) is 0 Å². The molecule has 0 saturated heterocycles. The molecule has 5 nitrogen and oxygen atoms in total. The average Bonchev–Trinajstić information content (AvgIpc) is 2.98. The molecule has 1 aliphatic rings. The van der Waals surface area contributed by atoms with Crippen LogP contribution in [0.3, 0.4) is 0 Å². The van der Waals surface area contributed by atoms with Crippen molar-refractivity contribution >= 4 is 16.9 Å². The van der Waals surface area contributed by atoms with Crippen molar-refractivity contribution in [3.8, 4) is 0 Å². The smallest absolute Gasteiger partial charge is 0.251 e. The molecule has 1 aliphatic heterocycles. The van der Waals surface area contributed by atoms with Gasteiger partial charge in [-0.3, -0.25) is 4.79 Å². The first-order valence-corrected chi connectivity index (χ1v) is 8.11. The summed E-state index contributed by atoms with van der Waals surface area (Å²) in [5.74, 6) is 0.841. The third-order valence-electron chi connectivity index (χ3n) is 4.35. The first-order chi connectivity index (χ1) is 11.7. The minimum atomic E-state index is -0.0836. The number of hydrogen-bond acceptors (Lipinski definition) is 3. The first-order valence-electron chi connectivity index (χ1n) is 8.11. The highest BCUT2D eigenvalue weighted by Crippen LogP contribution is 2.21. The van der Waals surface area contributed by atoms with Gasteiger partial charge in [-0.05, 0) is 30.7 Å². The molecular formula is C19H19N3O2. The number of rotatable bonds is 3. The summed E-state index contributed by atoms with van der Waals surface area (Å²) in [6, 6.07) is 13.8. The fourth-order valence-corrected chi connectivity index (χ4v) is 2.99. The number of hydrogen-bond donors (Lipinski definition) is 1. The summed E-state index contributed by atoms with van der Waals surface area (Å²) in [5, 5.41) is 2.96. The fourth-order valence-electron chi connectivity index (χ4n) is 2.99. The largest absolute Gasteiger partial charge is 0.372 e. The van der Waals surface area contributed by atoms with Gasteiger partial charge in [-0.2, -0.15) is 0 Å². The molecule has 0 atom stereocenters. The topological polar surface area (TPSA) is 56.2 Å². The molecule has 122 valence electrons. The minimum absolute atomic E-state index is 0.0836. The van der Waals surface area contributed by atoms with Crippen molar-refractivity contribution < 1.29 is 9.53 Å². The van der Waals surface area contributed by atoms with E-state index in [2.05, 4.69) is 14.9 Å². The zero-order valence-corrected chi connectivity index (χ0v) is 13.6. The molecule has 0 aliphatic carbocycles. The minimum Gasteiger partial charge on any atom is -0.372 e. The lowest BCUT2D eigenvalue weighted by Gasteiger charge is -2.14. The summed E-state index contributed by atoms with van der Waals surface area (Å²) in [6.45, 7) is 4.61. The van der Waals surface area contributed by atoms with Gasteiger partial charge < -0.3 is 14.6 Å². The van der Waals surface area contributed by atoms with E-state index < -0.39 is 0 Å². The van der Waals surface area contributed by atoms with Crippen molar-refractivity contribution in [2.45, 2.75) is 26.6 Å². The SMILES string of the molecule is Cc1ccc(CNC(=O)c2ccc3c(c2)nc2n3CCOC2)cc1. The molecule has 0 bridgehead atoms. The van der Waals surface area contributed by atoms with Crippen molar-refractivity contribution in [3.05, 3.63) is 65.0 Å². The zero-order chi connectivity index (χ0) is 16.5. The number of amides is 1. The molecule has 24 heavy (non-hydrogen) atoms. The molecule has 2 heterocycles. The van der Waals surface area contributed by atoms with Crippen LogP contribution in [0.15, 0.2) is 42.5 Å². The summed E-state index contributed by atoms with van der Waals surface area (Å²) >= 11 is 0. The Hall–Kier alpha value is -2.66. The number of ether oxygens (including phenoxy) is 1. The molecule has 3 aromatic rings. The van der Waals surface area contributed by atoms with Gasteiger partial charge in [-0.15, -0.1) is 0 Å². The Balaban J connectivity index is 1.52. The lowest BCUT2D eigenvalue weighted by Crippen LogP contribution is -2.22. The van der Waals surface area contributed by atoms with Crippen LogP contribution in [0.25, 0.3) is 11.0 Å². The number of nitrogens with one attached hydrogen (secondary N) is 1. The van der Waals surface area contributed by atoms with Crippen LogP contribution in [0.2, 0.25) is 0 Å². The van der Waals surface area contributed by atoms with E-state index in [0.717, 1.165) is 29.0 Å².